The van der Waals surface area contributed by atoms with Crippen LogP contribution in [-0.2, 0) is 26.0 Å². The molecular formula is C13H20N6O7S. The zero-order chi connectivity index (χ0) is 19.8. The number of piperidine rings is 1. The summed E-state index contributed by atoms with van der Waals surface area (Å²) in [6.45, 7) is 0.225. The number of hydrogen-bond acceptors (Lipinski definition) is 8. The molecule has 2 aliphatic heterocycles. The van der Waals surface area contributed by atoms with Crippen molar-refractivity contribution >= 4 is 28.2 Å². The number of nitrogen functional groups attached to an aromatic ring is 1. The number of nitrogens with zero attached hydrogens (tertiary/aromatic N) is 4. The van der Waals surface area contributed by atoms with E-state index in [-0.39, 0.29) is 19.6 Å². The highest BCUT2D eigenvalue weighted by Gasteiger charge is 2.49. The molecule has 14 heteroatoms. The SMILES string of the molecule is Nc1cn(CC(O)CNC(=O)[C@@H]2CC[C@@H]3CN2C(=O)N3OS(=O)(=O)O)cn1. The van der Waals surface area contributed by atoms with Crippen molar-refractivity contribution in [2.75, 3.05) is 18.8 Å². The van der Waals surface area contributed by atoms with Crippen LogP contribution in [-0.4, -0.2) is 80.8 Å². The molecule has 3 rings (SSSR count). The summed E-state index contributed by atoms with van der Waals surface area (Å²) in [5.74, 6) is -0.160. The molecule has 0 aromatic carbocycles. The second-order valence-electron chi connectivity index (χ2n) is 6.40. The van der Waals surface area contributed by atoms with Gasteiger partial charge in [0.25, 0.3) is 0 Å². The number of fused-ring (bicyclic) bond motifs is 2. The number of anilines is 1. The highest BCUT2D eigenvalue weighted by molar-refractivity contribution is 7.80. The van der Waals surface area contributed by atoms with Crippen molar-refractivity contribution in [2.45, 2.75) is 37.6 Å². The summed E-state index contributed by atoms with van der Waals surface area (Å²) in [6, 6.07) is -2.20. The largest absolute Gasteiger partial charge is 0.418 e. The first kappa shape index (κ1) is 19.3. The van der Waals surface area contributed by atoms with E-state index in [4.69, 9.17) is 10.3 Å². The Labute approximate surface area is 154 Å². The first-order valence-corrected chi connectivity index (χ1v) is 9.50. The molecule has 2 aliphatic rings. The molecule has 2 fully saturated rings. The Kier molecular flexibility index (Phi) is 5.23. The summed E-state index contributed by atoms with van der Waals surface area (Å²) in [7, 11) is -4.84. The van der Waals surface area contributed by atoms with E-state index in [2.05, 4.69) is 14.6 Å². The Hall–Kier alpha value is -2.42. The van der Waals surface area contributed by atoms with E-state index in [0.29, 0.717) is 23.7 Å². The minimum Gasteiger partial charge on any atom is -0.389 e. The molecule has 3 amide bonds. The number of aliphatic hydroxyl groups excluding tert-OH is 1. The molecule has 2 saturated heterocycles. The summed E-state index contributed by atoms with van der Waals surface area (Å²) in [4.78, 5) is 29.7. The third-order valence-electron chi connectivity index (χ3n) is 4.39. The number of carbonyl (C=O) groups is 2. The number of aromatic nitrogens is 2. The Bertz CT molecular complexity index is 827. The van der Waals surface area contributed by atoms with Crippen molar-refractivity contribution in [1.82, 2.24) is 24.8 Å². The number of amides is 3. The van der Waals surface area contributed by atoms with Gasteiger partial charge in [0.1, 0.15) is 11.9 Å². The maximum atomic E-state index is 12.4. The van der Waals surface area contributed by atoms with Gasteiger partial charge < -0.3 is 25.6 Å². The zero-order valence-electron chi connectivity index (χ0n) is 14.1. The maximum Gasteiger partial charge on any atom is 0.418 e. The van der Waals surface area contributed by atoms with E-state index in [0.717, 1.165) is 0 Å². The number of nitrogens with one attached hydrogen (secondary N) is 1. The van der Waals surface area contributed by atoms with Gasteiger partial charge in [-0.15, -0.1) is 4.28 Å². The monoisotopic (exact) mass is 404 g/mol. The molecule has 0 aliphatic carbocycles. The van der Waals surface area contributed by atoms with Crippen molar-refractivity contribution < 1.29 is 31.9 Å². The molecule has 13 nitrogen and oxygen atoms in total. The van der Waals surface area contributed by atoms with E-state index < -0.39 is 40.5 Å². The van der Waals surface area contributed by atoms with Crippen LogP contribution in [0.15, 0.2) is 12.5 Å². The normalized spacial score (nSPS) is 23.6. The van der Waals surface area contributed by atoms with Gasteiger partial charge in [-0.25, -0.2) is 9.78 Å². The fourth-order valence-electron chi connectivity index (χ4n) is 3.23. The predicted molar refractivity (Wildman–Crippen MR) is 89.0 cm³/mol. The smallest absolute Gasteiger partial charge is 0.389 e. The van der Waals surface area contributed by atoms with Crippen molar-refractivity contribution in [3.63, 3.8) is 0 Å². The Morgan fingerprint density at radius 3 is 2.85 bits per heavy atom. The van der Waals surface area contributed by atoms with Crippen LogP contribution in [0.4, 0.5) is 10.6 Å². The molecule has 1 unspecified atom stereocenters. The van der Waals surface area contributed by atoms with Gasteiger partial charge in [0.05, 0.1) is 25.0 Å². The van der Waals surface area contributed by atoms with Gasteiger partial charge in [-0.05, 0) is 12.8 Å². The fourth-order valence-corrected chi connectivity index (χ4v) is 3.61. The Balaban J connectivity index is 1.54. The number of urea groups is 1. The van der Waals surface area contributed by atoms with E-state index >= 15 is 0 Å². The van der Waals surface area contributed by atoms with Crippen LogP contribution >= 0.6 is 0 Å². The van der Waals surface area contributed by atoms with E-state index in [1.807, 2.05) is 0 Å². The van der Waals surface area contributed by atoms with Crippen LogP contribution in [0.3, 0.4) is 0 Å². The van der Waals surface area contributed by atoms with Gasteiger partial charge in [0.2, 0.25) is 5.91 Å². The molecule has 5 N–H and O–H groups in total. The highest BCUT2D eigenvalue weighted by atomic mass is 32.3. The molecule has 150 valence electrons. The number of rotatable bonds is 7. The first-order valence-electron chi connectivity index (χ1n) is 8.14. The van der Waals surface area contributed by atoms with Crippen LogP contribution < -0.4 is 11.1 Å². The molecule has 2 bridgehead atoms. The summed E-state index contributed by atoms with van der Waals surface area (Å²) in [5, 5.41) is 13.1. The number of carbonyl (C=O) groups excluding carboxylic acids is 2. The number of imidazole rings is 1. The van der Waals surface area contributed by atoms with Gasteiger partial charge in [-0.3, -0.25) is 9.35 Å². The standard InChI is InChI=1S/C13H20N6O7S/c14-11-6-17(7-16-11)5-9(20)3-15-12(21)10-2-1-8-4-18(10)13(22)19(8)26-27(23,24)25/h6-10,20H,1-5,14H2,(H,15,21)(H,23,24,25)/t8-,9?,10+/m1/s1. The number of hydroxylamine groups is 2. The second kappa shape index (κ2) is 7.30. The van der Waals surface area contributed by atoms with Gasteiger partial charge in [0, 0.05) is 19.3 Å². The maximum absolute atomic E-state index is 12.4. The molecule has 0 radical (unpaired) electrons. The quantitative estimate of drug-likeness (QED) is 0.372. The number of hydrogen-bond donors (Lipinski definition) is 4. The molecule has 1 aromatic rings. The van der Waals surface area contributed by atoms with Crippen molar-refractivity contribution in [2.24, 2.45) is 0 Å². The van der Waals surface area contributed by atoms with Crippen LogP contribution in [0.25, 0.3) is 0 Å². The average Bonchev–Trinajstić information content (AvgIpc) is 3.09. The molecule has 27 heavy (non-hydrogen) atoms. The lowest BCUT2D eigenvalue weighted by Crippen LogP contribution is -2.51. The highest BCUT2D eigenvalue weighted by Crippen LogP contribution is 2.30. The van der Waals surface area contributed by atoms with Crippen molar-refractivity contribution in [3.05, 3.63) is 12.5 Å². The Morgan fingerprint density at radius 2 is 2.22 bits per heavy atom. The Morgan fingerprint density at radius 1 is 1.48 bits per heavy atom. The van der Waals surface area contributed by atoms with E-state index in [1.54, 1.807) is 10.8 Å². The lowest BCUT2D eigenvalue weighted by molar-refractivity contribution is -0.126. The van der Waals surface area contributed by atoms with Gasteiger partial charge in [-0.1, -0.05) is 0 Å². The summed E-state index contributed by atoms with van der Waals surface area (Å²) >= 11 is 0. The van der Waals surface area contributed by atoms with Gasteiger partial charge in [-0.2, -0.15) is 13.5 Å². The van der Waals surface area contributed by atoms with Crippen LogP contribution in [0.2, 0.25) is 0 Å². The lowest BCUT2D eigenvalue weighted by atomic mass is 10.0. The van der Waals surface area contributed by atoms with Gasteiger partial charge in [0.15, 0.2) is 0 Å². The van der Waals surface area contributed by atoms with Gasteiger partial charge >= 0.3 is 16.4 Å². The second-order valence-corrected chi connectivity index (χ2v) is 7.41. The molecule has 1 aromatic heterocycles. The predicted octanol–water partition coefficient (Wildman–Crippen LogP) is -2.05. The third-order valence-corrected chi connectivity index (χ3v) is 4.74. The zero-order valence-corrected chi connectivity index (χ0v) is 14.9. The topological polar surface area (TPSA) is 180 Å². The average molecular weight is 404 g/mol. The van der Waals surface area contributed by atoms with Crippen LogP contribution in [0.5, 0.6) is 0 Å². The molecule has 0 saturated carbocycles. The minimum atomic E-state index is -4.84. The van der Waals surface area contributed by atoms with Crippen molar-refractivity contribution in [1.29, 1.82) is 0 Å². The fraction of sp³-hybridized carbons (Fsp3) is 0.615. The molecule has 0 spiro atoms. The van der Waals surface area contributed by atoms with Crippen molar-refractivity contribution in [3.8, 4) is 0 Å². The molecule has 3 heterocycles. The summed E-state index contributed by atoms with van der Waals surface area (Å²) < 4.78 is 36.4. The molecular weight excluding hydrogens is 384 g/mol. The van der Waals surface area contributed by atoms with Crippen LogP contribution in [0.1, 0.15) is 12.8 Å². The number of nitrogens with two attached hydrogens (primary N) is 1. The molecule has 3 atom stereocenters. The summed E-state index contributed by atoms with van der Waals surface area (Å²) in [6.07, 6.45) is 2.72. The third kappa shape index (κ3) is 4.47. The first-order chi connectivity index (χ1) is 12.6. The minimum absolute atomic E-state index is 0.0515. The van der Waals surface area contributed by atoms with Crippen LogP contribution in [0, 0.1) is 0 Å². The van der Waals surface area contributed by atoms with E-state index in [9.17, 15) is 23.1 Å². The van der Waals surface area contributed by atoms with E-state index in [1.165, 1.54) is 11.2 Å². The number of aliphatic hydroxyl groups is 1. The lowest BCUT2D eigenvalue weighted by Gasteiger charge is -2.29. The summed E-state index contributed by atoms with van der Waals surface area (Å²) in [5.41, 5.74) is 5.48.